The quantitative estimate of drug-likeness (QED) is 0.764. The number of ether oxygens (including phenoxy) is 1. The summed E-state index contributed by atoms with van der Waals surface area (Å²) in [5.41, 5.74) is 0.0107. The number of rotatable bonds is 7. The molecule has 0 bridgehead atoms. The van der Waals surface area contributed by atoms with Crippen molar-refractivity contribution in [3.05, 3.63) is 29.8 Å². The summed E-state index contributed by atoms with van der Waals surface area (Å²) in [6, 6.07) is 7.71. The van der Waals surface area contributed by atoms with E-state index >= 15 is 0 Å². The van der Waals surface area contributed by atoms with E-state index in [1.807, 2.05) is 38.2 Å². The Hall–Kier alpha value is -1.06. The average molecular weight is 237 g/mol. The van der Waals surface area contributed by atoms with Gasteiger partial charge in [-0.05, 0) is 39.4 Å². The Labute approximate surface area is 104 Å². The fourth-order valence-electron chi connectivity index (χ4n) is 1.75. The van der Waals surface area contributed by atoms with Crippen LogP contribution in [0.25, 0.3) is 0 Å². The molecule has 0 saturated carbocycles. The highest BCUT2D eigenvalue weighted by molar-refractivity contribution is 5.37. The van der Waals surface area contributed by atoms with E-state index in [1.165, 1.54) is 0 Å². The van der Waals surface area contributed by atoms with Gasteiger partial charge >= 0.3 is 0 Å². The highest BCUT2D eigenvalue weighted by Gasteiger charge is 2.25. The van der Waals surface area contributed by atoms with E-state index in [1.54, 1.807) is 0 Å². The van der Waals surface area contributed by atoms with Gasteiger partial charge in [0.15, 0.2) is 0 Å². The molecule has 0 amide bonds. The van der Waals surface area contributed by atoms with Crippen molar-refractivity contribution >= 4 is 0 Å². The number of nitrogens with one attached hydrogen (secondary N) is 1. The molecule has 1 rings (SSSR count). The van der Waals surface area contributed by atoms with Crippen molar-refractivity contribution in [2.45, 2.75) is 32.3 Å². The maximum atomic E-state index is 10.5. The van der Waals surface area contributed by atoms with Crippen LogP contribution in [0.15, 0.2) is 24.3 Å². The molecule has 1 aromatic rings. The van der Waals surface area contributed by atoms with Gasteiger partial charge in [-0.15, -0.1) is 0 Å². The van der Waals surface area contributed by atoms with Crippen LogP contribution in [0.5, 0.6) is 5.75 Å². The van der Waals surface area contributed by atoms with Gasteiger partial charge in [0.05, 0.1) is 12.2 Å². The van der Waals surface area contributed by atoms with Crippen molar-refractivity contribution in [3.8, 4) is 5.75 Å². The van der Waals surface area contributed by atoms with Gasteiger partial charge < -0.3 is 15.2 Å². The van der Waals surface area contributed by atoms with Crippen molar-refractivity contribution in [3.63, 3.8) is 0 Å². The first-order valence-corrected chi connectivity index (χ1v) is 6.21. The highest BCUT2D eigenvalue weighted by Crippen LogP contribution is 2.32. The van der Waals surface area contributed by atoms with Gasteiger partial charge in [0.2, 0.25) is 0 Å². The fourth-order valence-corrected chi connectivity index (χ4v) is 1.75. The lowest BCUT2D eigenvalue weighted by molar-refractivity contribution is 0.0453. The van der Waals surface area contributed by atoms with Gasteiger partial charge in [-0.3, -0.25) is 0 Å². The molecule has 0 radical (unpaired) electrons. The summed E-state index contributed by atoms with van der Waals surface area (Å²) in [5.74, 6) is 0.787. The number of para-hydroxylation sites is 1. The summed E-state index contributed by atoms with van der Waals surface area (Å²) in [7, 11) is 1.88. The molecule has 0 fully saturated rings. The van der Waals surface area contributed by atoms with Gasteiger partial charge in [0, 0.05) is 5.56 Å². The van der Waals surface area contributed by atoms with E-state index in [0.717, 1.165) is 24.3 Å². The lowest BCUT2D eigenvalue weighted by Gasteiger charge is -2.26. The largest absolute Gasteiger partial charge is 0.493 e. The van der Waals surface area contributed by atoms with Crippen LogP contribution in [0.3, 0.4) is 0 Å². The molecule has 1 unspecified atom stereocenters. The Morgan fingerprint density at radius 2 is 2.06 bits per heavy atom. The Kier molecular flexibility index (Phi) is 5.45. The summed E-state index contributed by atoms with van der Waals surface area (Å²) >= 11 is 0. The second kappa shape index (κ2) is 6.62. The maximum absolute atomic E-state index is 10.5. The van der Waals surface area contributed by atoms with E-state index in [0.29, 0.717) is 13.0 Å². The second-order valence-electron chi connectivity index (χ2n) is 4.47. The van der Waals surface area contributed by atoms with E-state index < -0.39 is 5.60 Å². The van der Waals surface area contributed by atoms with Gasteiger partial charge in [-0.25, -0.2) is 0 Å². The SMILES string of the molecule is CCCOc1ccccc1C(C)(O)CCNC. The number of hydrogen-bond acceptors (Lipinski definition) is 3. The first-order chi connectivity index (χ1) is 8.11. The first-order valence-electron chi connectivity index (χ1n) is 6.21. The predicted molar refractivity (Wildman–Crippen MR) is 70.3 cm³/mol. The van der Waals surface area contributed by atoms with Crippen LogP contribution in [-0.2, 0) is 5.60 Å². The minimum Gasteiger partial charge on any atom is -0.493 e. The third-order valence-electron chi connectivity index (χ3n) is 2.79. The third-order valence-corrected chi connectivity index (χ3v) is 2.79. The van der Waals surface area contributed by atoms with Gasteiger partial charge in [0.25, 0.3) is 0 Å². The van der Waals surface area contributed by atoms with Crippen LogP contribution in [0.1, 0.15) is 32.3 Å². The number of hydrogen-bond donors (Lipinski definition) is 2. The maximum Gasteiger partial charge on any atom is 0.125 e. The zero-order valence-corrected chi connectivity index (χ0v) is 11.0. The molecule has 2 N–H and O–H groups in total. The van der Waals surface area contributed by atoms with Crippen molar-refractivity contribution in [2.75, 3.05) is 20.2 Å². The van der Waals surface area contributed by atoms with Gasteiger partial charge in [-0.2, -0.15) is 0 Å². The lowest BCUT2D eigenvalue weighted by Crippen LogP contribution is -2.27. The highest BCUT2D eigenvalue weighted by atomic mass is 16.5. The molecular formula is C14H23NO2. The Morgan fingerprint density at radius 3 is 2.71 bits per heavy atom. The number of benzene rings is 1. The molecule has 1 atom stereocenters. The molecule has 17 heavy (non-hydrogen) atoms. The van der Waals surface area contributed by atoms with Crippen LogP contribution in [0.4, 0.5) is 0 Å². The Morgan fingerprint density at radius 1 is 1.35 bits per heavy atom. The lowest BCUT2D eigenvalue weighted by atomic mass is 9.91. The van der Waals surface area contributed by atoms with E-state index in [4.69, 9.17) is 4.74 Å². The Balaban J connectivity index is 2.86. The first kappa shape index (κ1) is 14.0. The molecule has 0 aliphatic rings. The molecule has 96 valence electrons. The summed E-state index contributed by atoms with van der Waals surface area (Å²) < 4.78 is 5.67. The van der Waals surface area contributed by atoms with E-state index in [2.05, 4.69) is 12.2 Å². The summed E-state index contributed by atoms with van der Waals surface area (Å²) in [6.45, 7) is 5.36. The van der Waals surface area contributed by atoms with Crippen molar-refractivity contribution in [1.29, 1.82) is 0 Å². The molecule has 1 aromatic carbocycles. The van der Waals surface area contributed by atoms with E-state index in [-0.39, 0.29) is 0 Å². The molecule has 0 aromatic heterocycles. The predicted octanol–water partition coefficient (Wildman–Crippen LogP) is 2.29. The van der Waals surface area contributed by atoms with Crippen LogP contribution in [-0.4, -0.2) is 25.3 Å². The summed E-state index contributed by atoms with van der Waals surface area (Å²) in [5, 5.41) is 13.5. The van der Waals surface area contributed by atoms with Crippen molar-refractivity contribution in [1.82, 2.24) is 5.32 Å². The molecule has 0 saturated heterocycles. The van der Waals surface area contributed by atoms with Crippen LogP contribution >= 0.6 is 0 Å². The van der Waals surface area contributed by atoms with Crippen LogP contribution < -0.4 is 10.1 Å². The normalized spacial score (nSPS) is 14.4. The van der Waals surface area contributed by atoms with Crippen LogP contribution in [0.2, 0.25) is 0 Å². The standard InChI is InChI=1S/C14H23NO2/c1-4-11-17-13-8-6-5-7-12(13)14(2,16)9-10-15-3/h5-8,15-16H,4,9-11H2,1-3H3. The zero-order valence-electron chi connectivity index (χ0n) is 11.0. The molecule has 0 aliphatic heterocycles. The Bertz CT molecular complexity index is 337. The molecule has 0 spiro atoms. The molecular weight excluding hydrogens is 214 g/mol. The average Bonchev–Trinajstić information content (AvgIpc) is 2.34. The minimum atomic E-state index is -0.854. The monoisotopic (exact) mass is 237 g/mol. The van der Waals surface area contributed by atoms with Crippen molar-refractivity contribution in [2.24, 2.45) is 0 Å². The smallest absolute Gasteiger partial charge is 0.125 e. The summed E-state index contributed by atoms with van der Waals surface area (Å²) in [6.07, 6.45) is 1.63. The molecule has 3 heteroatoms. The molecule has 3 nitrogen and oxygen atoms in total. The number of aliphatic hydroxyl groups is 1. The zero-order chi connectivity index (χ0) is 12.7. The second-order valence-corrected chi connectivity index (χ2v) is 4.47. The summed E-state index contributed by atoms with van der Waals surface area (Å²) in [4.78, 5) is 0. The fraction of sp³-hybridized carbons (Fsp3) is 0.571. The molecule has 0 heterocycles. The van der Waals surface area contributed by atoms with E-state index in [9.17, 15) is 5.11 Å². The van der Waals surface area contributed by atoms with Crippen LogP contribution in [0, 0.1) is 0 Å². The van der Waals surface area contributed by atoms with Gasteiger partial charge in [0.1, 0.15) is 5.75 Å². The van der Waals surface area contributed by atoms with Crippen molar-refractivity contribution < 1.29 is 9.84 Å². The topological polar surface area (TPSA) is 41.5 Å². The minimum absolute atomic E-state index is 0.663. The molecule has 0 aliphatic carbocycles. The third kappa shape index (κ3) is 4.02. The van der Waals surface area contributed by atoms with Gasteiger partial charge in [-0.1, -0.05) is 25.1 Å².